The van der Waals surface area contributed by atoms with E-state index < -0.39 is 5.82 Å². The summed E-state index contributed by atoms with van der Waals surface area (Å²) >= 11 is 1.65. The lowest BCUT2D eigenvalue weighted by molar-refractivity contribution is -0.135. The van der Waals surface area contributed by atoms with Crippen LogP contribution in [-0.2, 0) is 16.0 Å². The van der Waals surface area contributed by atoms with Crippen molar-refractivity contribution in [3.8, 4) is 5.75 Å². The number of fused-ring (bicyclic) bond motifs is 1. The second-order valence-electron chi connectivity index (χ2n) is 7.98. The minimum atomic E-state index is -0.444. The Morgan fingerprint density at radius 2 is 1.88 bits per heavy atom. The van der Waals surface area contributed by atoms with Gasteiger partial charge in [-0.2, -0.15) is 0 Å². The minimum Gasteiger partial charge on any atom is -0.488 e. The zero-order valence-corrected chi connectivity index (χ0v) is 19.8. The molecule has 34 heavy (non-hydrogen) atoms. The monoisotopic (exact) mass is 482 g/mol. The number of benzene rings is 2. The SMILES string of the molecule is COCCN(CC(=O)N1CCc2sccc2[C@H]1COc1ccccc1F)C(=O)c1ccccc1. The van der Waals surface area contributed by atoms with E-state index in [0.717, 1.165) is 12.0 Å². The van der Waals surface area contributed by atoms with Crippen LogP contribution < -0.4 is 4.74 Å². The van der Waals surface area contributed by atoms with Crippen molar-refractivity contribution < 1.29 is 23.5 Å². The number of methoxy groups -OCH3 is 1. The van der Waals surface area contributed by atoms with Crippen molar-refractivity contribution in [2.45, 2.75) is 12.5 Å². The van der Waals surface area contributed by atoms with Crippen LogP contribution in [0.4, 0.5) is 4.39 Å². The molecule has 8 heteroatoms. The number of thiophene rings is 1. The van der Waals surface area contributed by atoms with Crippen LogP contribution in [0.5, 0.6) is 5.75 Å². The number of carbonyl (C=O) groups excluding carboxylic acids is 2. The highest BCUT2D eigenvalue weighted by atomic mass is 32.1. The molecular weight excluding hydrogens is 455 g/mol. The van der Waals surface area contributed by atoms with E-state index in [-0.39, 0.29) is 36.8 Å². The van der Waals surface area contributed by atoms with E-state index >= 15 is 0 Å². The first-order valence-electron chi connectivity index (χ1n) is 11.1. The smallest absolute Gasteiger partial charge is 0.254 e. The minimum absolute atomic E-state index is 0.0766. The molecule has 0 aliphatic carbocycles. The Bertz CT molecular complexity index is 1120. The number of hydrogen-bond donors (Lipinski definition) is 0. The van der Waals surface area contributed by atoms with Gasteiger partial charge in [0.05, 0.1) is 12.6 Å². The molecule has 6 nitrogen and oxygen atoms in total. The summed E-state index contributed by atoms with van der Waals surface area (Å²) in [5.74, 6) is -0.697. The number of carbonyl (C=O) groups is 2. The van der Waals surface area contributed by atoms with Crippen LogP contribution in [0.15, 0.2) is 66.0 Å². The summed E-state index contributed by atoms with van der Waals surface area (Å²) in [6.45, 7) is 1.17. The maximum Gasteiger partial charge on any atom is 0.254 e. The van der Waals surface area contributed by atoms with Gasteiger partial charge in [-0.1, -0.05) is 30.3 Å². The van der Waals surface area contributed by atoms with Crippen molar-refractivity contribution in [1.29, 1.82) is 0 Å². The summed E-state index contributed by atoms with van der Waals surface area (Å²) in [5, 5.41) is 2.00. The van der Waals surface area contributed by atoms with Gasteiger partial charge in [0.2, 0.25) is 5.91 Å². The van der Waals surface area contributed by atoms with Gasteiger partial charge in [0.15, 0.2) is 11.6 Å². The molecule has 0 spiro atoms. The van der Waals surface area contributed by atoms with Crippen LogP contribution >= 0.6 is 11.3 Å². The third kappa shape index (κ3) is 5.46. The average Bonchev–Trinajstić information content (AvgIpc) is 3.35. The lowest BCUT2D eigenvalue weighted by atomic mass is 10.0. The Morgan fingerprint density at radius 3 is 2.65 bits per heavy atom. The first-order chi connectivity index (χ1) is 16.6. The first-order valence-corrected chi connectivity index (χ1v) is 12.0. The van der Waals surface area contributed by atoms with Crippen LogP contribution in [0.3, 0.4) is 0 Å². The molecule has 0 saturated heterocycles. The Hall–Kier alpha value is -3.23. The highest BCUT2D eigenvalue weighted by molar-refractivity contribution is 7.10. The zero-order valence-electron chi connectivity index (χ0n) is 19.0. The summed E-state index contributed by atoms with van der Waals surface area (Å²) in [5.41, 5.74) is 1.53. The van der Waals surface area contributed by atoms with E-state index in [9.17, 15) is 14.0 Å². The molecule has 2 amide bonds. The summed E-state index contributed by atoms with van der Waals surface area (Å²) in [7, 11) is 1.56. The molecule has 1 aliphatic heterocycles. The molecule has 0 unspecified atom stereocenters. The molecular formula is C26H27FN2O4S. The van der Waals surface area contributed by atoms with Gasteiger partial charge in [0.1, 0.15) is 13.2 Å². The summed E-state index contributed by atoms with van der Waals surface area (Å²) in [6, 6.07) is 16.8. The molecule has 4 rings (SSSR count). The molecule has 2 aromatic carbocycles. The molecule has 0 radical (unpaired) electrons. The molecule has 3 aromatic rings. The Kier molecular flexibility index (Phi) is 7.92. The van der Waals surface area contributed by atoms with Crippen molar-refractivity contribution in [2.24, 2.45) is 0 Å². The van der Waals surface area contributed by atoms with Crippen LogP contribution in [-0.4, -0.2) is 61.6 Å². The summed E-state index contributed by atoms with van der Waals surface area (Å²) < 4.78 is 25.1. The van der Waals surface area contributed by atoms with Crippen molar-refractivity contribution >= 4 is 23.2 Å². The molecule has 1 aromatic heterocycles. The van der Waals surface area contributed by atoms with Crippen molar-refractivity contribution in [3.63, 3.8) is 0 Å². The highest BCUT2D eigenvalue weighted by Crippen LogP contribution is 2.34. The normalized spacial score (nSPS) is 15.0. The van der Waals surface area contributed by atoms with Gasteiger partial charge in [0.25, 0.3) is 5.91 Å². The maximum atomic E-state index is 14.1. The van der Waals surface area contributed by atoms with E-state index in [1.54, 1.807) is 65.8 Å². The molecule has 178 valence electrons. The second-order valence-corrected chi connectivity index (χ2v) is 8.98. The number of hydrogen-bond acceptors (Lipinski definition) is 5. The number of halogens is 1. The van der Waals surface area contributed by atoms with Gasteiger partial charge in [-0.25, -0.2) is 4.39 Å². The van der Waals surface area contributed by atoms with Gasteiger partial charge in [-0.15, -0.1) is 11.3 Å². The first kappa shape index (κ1) is 23.9. The van der Waals surface area contributed by atoms with Crippen LogP contribution in [0.25, 0.3) is 0 Å². The van der Waals surface area contributed by atoms with Crippen LogP contribution in [0.1, 0.15) is 26.8 Å². The van der Waals surface area contributed by atoms with Crippen LogP contribution in [0, 0.1) is 5.82 Å². The summed E-state index contributed by atoms with van der Waals surface area (Å²) in [6.07, 6.45) is 0.736. The molecule has 2 heterocycles. The number of nitrogens with zero attached hydrogens (tertiary/aromatic N) is 2. The predicted molar refractivity (Wildman–Crippen MR) is 129 cm³/mol. The van der Waals surface area contributed by atoms with Gasteiger partial charge < -0.3 is 19.3 Å². The molecule has 0 fully saturated rings. The largest absolute Gasteiger partial charge is 0.488 e. The highest BCUT2D eigenvalue weighted by Gasteiger charge is 2.33. The van der Waals surface area contributed by atoms with E-state index in [0.29, 0.717) is 25.3 Å². The quantitative estimate of drug-likeness (QED) is 0.459. The second kappa shape index (κ2) is 11.3. The lowest BCUT2D eigenvalue weighted by Crippen LogP contribution is -2.48. The Labute approximate surface area is 202 Å². The van der Waals surface area contributed by atoms with Crippen LogP contribution in [0.2, 0.25) is 0 Å². The maximum absolute atomic E-state index is 14.1. The van der Waals surface area contributed by atoms with E-state index in [1.807, 2.05) is 17.5 Å². The fourth-order valence-electron chi connectivity index (χ4n) is 4.08. The fourth-order valence-corrected chi connectivity index (χ4v) is 5.00. The van der Waals surface area contributed by atoms with Gasteiger partial charge in [0, 0.05) is 30.6 Å². The van der Waals surface area contributed by atoms with Crippen molar-refractivity contribution in [2.75, 3.05) is 40.0 Å². The van der Waals surface area contributed by atoms with E-state index in [2.05, 4.69) is 0 Å². The molecule has 1 aliphatic rings. The number of ether oxygens (including phenoxy) is 2. The Balaban J connectivity index is 1.53. The zero-order chi connectivity index (χ0) is 23.9. The van der Waals surface area contributed by atoms with Gasteiger partial charge in [-0.05, 0) is 47.7 Å². The number of para-hydroxylation sites is 1. The van der Waals surface area contributed by atoms with E-state index in [1.165, 1.54) is 15.8 Å². The number of rotatable bonds is 9. The van der Waals surface area contributed by atoms with Gasteiger partial charge in [-0.3, -0.25) is 9.59 Å². The fraction of sp³-hybridized carbons (Fsp3) is 0.308. The molecule has 1 atom stereocenters. The van der Waals surface area contributed by atoms with E-state index in [4.69, 9.17) is 9.47 Å². The van der Waals surface area contributed by atoms with Gasteiger partial charge >= 0.3 is 0 Å². The standard InChI is InChI=1S/C26H27FN2O4S/c1-32-15-14-28(26(31)19-7-3-2-4-8-19)17-25(30)29-13-11-24-20(12-16-34-24)22(29)18-33-23-10-6-5-9-21(23)27/h2-10,12,16,22H,11,13-15,17-18H2,1H3/t22-/m1/s1. The topological polar surface area (TPSA) is 59.1 Å². The van der Waals surface area contributed by atoms with Crippen molar-refractivity contribution in [3.05, 3.63) is 87.9 Å². The third-order valence-corrected chi connectivity index (χ3v) is 6.84. The molecule has 0 saturated carbocycles. The van der Waals surface area contributed by atoms with Crippen molar-refractivity contribution in [1.82, 2.24) is 9.80 Å². The molecule has 0 bridgehead atoms. The Morgan fingerprint density at radius 1 is 1.12 bits per heavy atom. The molecule has 0 N–H and O–H groups in total. The predicted octanol–water partition coefficient (Wildman–Crippen LogP) is 4.18. The third-order valence-electron chi connectivity index (χ3n) is 5.85. The average molecular weight is 483 g/mol. The number of amides is 2. The lowest BCUT2D eigenvalue weighted by Gasteiger charge is -2.37. The summed E-state index contributed by atoms with van der Waals surface area (Å²) in [4.78, 5) is 31.0.